The van der Waals surface area contributed by atoms with Gasteiger partial charge in [0.05, 0.1) is 18.5 Å². The SMILES string of the molecule is CN=C(NCCc1cnn(-c2ccccc2)c1)NCc1ccc(C)cc1OCCCOC. The number of nitrogens with one attached hydrogen (secondary N) is 2. The molecule has 3 rings (SSSR count). The summed E-state index contributed by atoms with van der Waals surface area (Å²) in [5.74, 6) is 1.66. The number of hydrogen-bond acceptors (Lipinski definition) is 4. The fourth-order valence-electron chi connectivity index (χ4n) is 3.26. The van der Waals surface area contributed by atoms with Crippen molar-refractivity contribution >= 4 is 5.96 Å². The largest absolute Gasteiger partial charge is 0.493 e. The topological polar surface area (TPSA) is 72.7 Å². The van der Waals surface area contributed by atoms with Gasteiger partial charge in [-0.1, -0.05) is 30.3 Å². The number of aryl methyl sites for hydroxylation is 1. The van der Waals surface area contributed by atoms with Gasteiger partial charge in [0.25, 0.3) is 0 Å². The van der Waals surface area contributed by atoms with Gasteiger partial charge in [0.15, 0.2) is 5.96 Å². The third-order valence-electron chi connectivity index (χ3n) is 5.01. The van der Waals surface area contributed by atoms with Crippen LogP contribution >= 0.6 is 0 Å². The molecule has 2 N–H and O–H groups in total. The van der Waals surface area contributed by atoms with Crippen molar-refractivity contribution in [1.82, 2.24) is 20.4 Å². The zero-order valence-corrected chi connectivity index (χ0v) is 19.2. The van der Waals surface area contributed by atoms with Gasteiger partial charge in [-0.3, -0.25) is 4.99 Å². The molecule has 3 aromatic rings. The fraction of sp³-hybridized carbons (Fsp3) is 0.360. The lowest BCUT2D eigenvalue weighted by Gasteiger charge is -2.15. The maximum atomic E-state index is 5.97. The number of rotatable bonds is 11. The van der Waals surface area contributed by atoms with Crippen LogP contribution < -0.4 is 15.4 Å². The van der Waals surface area contributed by atoms with Crippen LogP contribution in [0.3, 0.4) is 0 Å². The fourth-order valence-corrected chi connectivity index (χ4v) is 3.26. The molecule has 0 fully saturated rings. The van der Waals surface area contributed by atoms with Crippen molar-refractivity contribution < 1.29 is 9.47 Å². The number of benzene rings is 2. The smallest absolute Gasteiger partial charge is 0.191 e. The predicted octanol–water partition coefficient (Wildman–Crippen LogP) is 3.50. The standard InChI is InChI=1S/C25H33N5O2/c1-20-10-11-22(24(16-20)32-15-7-14-31-3)18-28-25(26-2)27-13-12-21-17-29-30(19-21)23-8-5-4-6-9-23/h4-6,8-11,16-17,19H,7,12-15,18H2,1-3H3,(H2,26,27,28). The van der Waals surface area contributed by atoms with Gasteiger partial charge in [-0.05, 0) is 42.7 Å². The minimum atomic E-state index is 0.630. The summed E-state index contributed by atoms with van der Waals surface area (Å²) in [5.41, 5.74) is 4.50. The molecule has 0 radical (unpaired) electrons. The number of aromatic nitrogens is 2. The molecule has 170 valence electrons. The molecule has 2 aromatic carbocycles. The highest BCUT2D eigenvalue weighted by atomic mass is 16.5. The van der Waals surface area contributed by atoms with Gasteiger partial charge in [0.2, 0.25) is 0 Å². The highest BCUT2D eigenvalue weighted by Gasteiger charge is 2.07. The Bertz CT molecular complexity index is 985. The summed E-state index contributed by atoms with van der Waals surface area (Å²) < 4.78 is 13.0. The van der Waals surface area contributed by atoms with Gasteiger partial charge >= 0.3 is 0 Å². The Labute approximate surface area is 190 Å². The summed E-state index contributed by atoms with van der Waals surface area (Å²) in [6, 6.07) is 16.4. The molecule has 0 amide bonds. The Morgan fingerprint density at radius 3 is 2.72 bits per heavy atom. The molecule has 0 aliphatic carbocycles. The summed E-state index contributed by atoms with van der Waals surface area (Å²) in [4.78, 5) is 4.34. The van der Waals surface area contributed by atoms with Gasteiger partial charge < -0.3 is 20.1 Å². The number of hydrogen-bond donors (Lipinski definition) is 2. The molecular weight excluding hydrogens is 402 g/mol. The van der Waals surface area contributed by atoms with Crippen LogP contribution in [-0.2, 0) is 17.7 Å². The molecule has 0 unspecified atom stereocenters. The van der Waals surface area contributed by atoms with E-state index in [2.05, 4.69) is 52.0 Å². The van der Waals surface area contributed by atoms with Crippen LogP contribution in [0.2, 0.25) is 0 Å². The molecule has 0 saturated carbocycles. The molecule has 0 aliphatic heterocycles. The lowest BCUT2D eigenvalue weighted by Crippen LogP contribution is -2.37. The molecule has 1 aromatic heterocycles. The molecule has 0 bridgehead atoms. The maximum absolute atomic E-state index is 5.97. The van der Waals surface area contributed by atoms with Crippen LogP contribution in [0.1, 0.15) is 23.1 Å². The number of aliphatic imine (C=N–C) groups is 1. The summed E-state index contributed by atoms with van der Waals surface area (Å²) in [6.45, 7) is 4.79. The zero-order chi connectivity index (χ0) is 22.6. The van der Waals surface area contributed by atoms with Gasteiger partial charge in [-0.15, -0.1) is 0 Å². The lowest BCUT2D eigenvalue weighted by molar-refractivity contribution is 0.172. The average molecular weight is 436 g/mol. The average Bonchev–Trinajstić information content (AvgIpc) is 3.29. The Morgan fingerprint density at radius 1 is 1.09 bits per heavy atom. The van der Waals surface area contributed by atoms with Gasteiger partial charge in [0.1, 0.15) is 5.75 Å². The van der Waals surface area contributed by atoms with E-state index in [0.29, 0.717) is 19.8 Å². The van der Waals surface area contributed by atoms with Gasteiger partial charge in [0, 0.05) is 52.0 Å². The van der Waals surface area contributed by atoms with Crippen LogP contribution in [0.25, 0.3) is 5.69 Å². The van der Waals surface area contributed by atoms with Crippen molar-refractivity contribution in [3.05, 3.63) is 77.6 Å². The normalized spacial score (nSPS) is 11.4. The summed E-state index contributed by atoms with van der Waals surface area (Å²) >= 11 is 0. The Balaban J connectivity index is 1.48. The van der Waals surface area contributed by atoms with E-state index in [1.807, 2.05) is 41.2 Å². The molecule has 32 heavy (non-hydrogen) atoms. The quantitative estimate of drug-likeness (QED) is 0.274. The van der Waals surface area contributed by atoms with Crippen LogP contribution in [0.4, 0.5) is 0 Å². The number of ether oxygens (including phenoxy) is 2. The second-order valence-electron chi connectivity index (χ2n) is 7.54. The van der Waals surface area contributed by atoms with E-state index in [-0.39, 0.29) is 0 Å². The van der Waals surface area contributed by atoms with E-state index < -0.39 is 0 Å². The van der Waals surface area contributed by atoms with Crippen molar-refractivity contribution in [3.63, 3.8) is 0 Å². The predicted molar refractivity (Wildman–Crippen MR) is 129 cm³/mol. The second kappa shape index (κ2) is 12.5. The maximum Gasteiger partial charge on any atom is 0.191 e. The Hall–Kier alpha value is -3.32. The van der Waals surface area contributed by atoms with Gasteiger partial charge in [-0.2, -0.15) is 5.10 Å². The Kier molecular flexibility index (Phi) is 9.13. The van der Waals surface area contributed by atoms with Crippen molar-refractivity contribution in [1.29, 1.82) is 0 Å². The highest BCUT2D eigenvalue weighted by molar-refractivity contribution is 5.79. The van der Waals surface area contributed by atoms with Crippen molar-refractivity contribution in [2.45, 2.75) is 26.3 Å². The number of para-hydroxylation sites is 1. The van der Waals surface area contributed by atoms with Crippen molar-refractivity contribution in [2.75, 3.05) is 33.9 Å². The first kappa shape index (κ1) is 23.3. The third-order valence-corrected chi connectivity index (χ3v) is 5.01. The first-order valence-corrected chi connectivity index (χ1v) is 10.9. The molecule has 7 heteroatoms. The van der Waals surface area contributed by atoms with E-state index in [9.17, 15) is 0 Å². The van der Waals surface area contributed by atoms with E-state index >= 15 is 0 Å². The first-order chi connectivity index (χ1) is 15.7. The minimum Gasteiger partial charge on any atom is -0.493 e. The van der Waals surface area contributed by atoms with E-state index in [4.69, 9.17) is 9.47 Å². The third kappa shape index (κ3) is 7.13. The van der Waals surface area contributed by atoms with Crippen LogP contribution in [0.5, 0.6) is 5.75 Å². The van der Waals surface area contributed by atoms with Crippen LogP contribution in [-0.4, -0.2) is 49.7 Å². The highest BCUT2D eigenvalue weighted by Crippen LogP contribution is 2.20. The monoisotopic (exact) mass is 435 g/mol. The van der Waals surface area contributed by atoms with E-state index in [0.717, 1.165) is 42.3 Å². The van der Waals surface area contributed by atoms with E-state index in [1.54, 1.807) is 14.2 Å². The molecule has 0 spiro atoms. The summed E-state index contributed by atoms with van der Waals surface area (Å²) in [5, 5.41) is 11.2. The Morgan fingerprint density at radius 2 is 1.94 bits per heavy atom. The zero-order valence-electron chi connectivity index (χ0n) is 19.2. The molecule has 0 saturated heterocycles. The van der Waals surface area contributed by atoms with E-state index in [1.165, 1.54) is 11.1 Å². The summed E-state index contributed by atoms with van der Waals surface area (Å²) in [6.07, 6.45) is 5.68. The molecule has 1 heterocycles. The second-order valence-corrected chi connectivity index (χ2v) is 7.54. The van der Waals surface area contributed by atoms with Crippen LogP contribution in [0, 0.1) is 6.92 Å². The van der Waals surface area contributed by atoms with Crippen molar-refractivity contribution in [2.24, 2.45) is 4.99 Å². The number of methoxy groups -OCH3 is 1. The van der Waals surface area contributed by atoms with Gasteiger partial charge in [-0.25, -0.2) is 4.68 Å². The first-order valence-electron chi connectivity index (χ1n) is 10.9. The van der Waals surface area contributed by atoms with Crippen molar-refractivity contribution in [3.8, 4) is 11.4 Å². The summed E-state index contributed by atoms with van der Waals surface area (Å²) in [7, 11) is 3.48. The number of nitrogens with zero attached hydrogens (tertiary/aromatic N) is 3. The molecule has 0 aliphatic rings. The molecule has 7 nitrogen and oxygen atoms in total. The molecule has 0 atom stereocenters. The lowest BCUT2D eigenvalue weighted by atomic mass is 10.1. The van der Waals surface area contributed by atoms with Crippen LogP contribution in [0.15, 0.2) is 65.9 Å². The number of guanidine groups is 1. The minimum absolute atomic E-state index is 0.630. The molecular formula is C25H33N5O2.